The minimum atomic E-state index is -0.0471. The Balaban J connectivity index is 1.37. The Kier molecular flexibility index (Phi) is 6.15. The van der Waals surface area contributed by atoms with Crippen LogP contribution in [0.1, 0.15) is 38.5 Å². The predicted octanol–water partition coefficient (Wildman–Crippen LogP) is 3.02. The number of urea groups is 1. The van der Waals surface area contributed by atoms with Gasteiger partial charge in [0.2, 0.25) is 5.91 Å². The van der Waals surface area contributed by atoms with Crippen LogP contribution in [0.5, 0.6) is 0 Å². The third-order valence-corrected chi connectivity index (χ3v) is 6.54. The van der Waals surface area contributed by atoms with Gasteiger partial charge in [-0.15, -0.1) is 0 Å². The van der Waals surface area contributed by atoms with Gasteiger partial charge in [0.15, 0.2) is 0 Å². The molecule has 28 heavy (non-hydrogen) atoms. The highest BCUT2D eigenvalue weighted by Gasteiger charge is 2.39. The number of nitrogens with zero attached hydrogens (tertiary/aromatic N) is 3. The molecule has 6 heteroatoms. The van der Waals surface area contributed by atoms with Crippen LogP contribution < -0.4 is 5.32 Å². The maximum atomic E-state index is 13.3. The molecule has 0 bridgehead atoms. The second-order valence-electron chi connectivity index (χ2n) is 8.34. The molecule has 3 fully saturated rings. The molecule has 0 unspecified atom stereocenters. The second-order valence-corrected chi connectivity index (χ2v) is 8.34. The van der Waals surface area contributed by atoms with Crippen LogP contribution in [0.25, 0.3) is 0 Å². The van der Waals surface area contributed by atoms with Gasteiger partial charge in [0.05, 0.1) is 6.04 Å². The van der Waals surface area contributed by atoms with Gasteiger partial charge in [0, 0.05) is 45.0 Å². The highest BCUT2D eigenvalue weighted by Crippen LogP contribution is 2.32. The van der Waals surface area contributed by atoms with Crippen molar-refractivity contribution >= 4 is 17.6 Å². The monoisotopic (exact) mass is 384 g/mol. The predicted molar refractivity (Wildman–Crippen MR) is 110 cm³/mol. The second kappa shape index (κ2) is 8.95. The zero-order valence-electron chi connectivity index (χ0n) is 16.7. The fourth-order valence-corrected chi connectivity index (χ4v) is 4.98. The molecule has 0 radical (unpaired) electrons. The normalized spacial score (nSPS) is 22.4. The third kappa shape index (κ3) is 4.32. The molecule has 2 heterocycles. The molecule has 2 saturated heterocycles. The number of hydrogen-bond donors (Lipinski definition) is 1. The maximum Gasteiger partial charge on any atom is 0.321 e. The lowest BCUT2D eigenvalue weighted by Crippen LogP contribution is -2.58. The van der Waals surface area contributed by atoms with Crippen molar-refractivity contribution in [2.75, 3.05) is 44.6 Å². The Morgan fingerprint density at radius 1 is 0.821 bits per heavy atom. The highest BCUT2D eigenvalue weighted by atomic mass is 16.2. The largest absolute Gasteiger partial charge is 0.341 e. The van der Waals surface area contributed by atoms with Crippen molar-refractivity contribution in [3.8, 4) is 0 Å². The van der Waals surface area contributed by atoms with Gasteiger partial charge in [-0.1, -0.05) is 31.0 Å². The lowest BCUT2D eigenvalue weighted by atomic mass is 9.94. The van der Waals surface area contributed by atoms with Crippen molar-refractivity contribution in [1.82, 2.24) is 14.7 Å². The first-order chi connectivity index (χ1) is 13.7. The van der Waals surface area contributed by atoms with Crippen molar-refractivity contribution in [3.63, 3.8) is 0 Å². The zero-order valence-corrected chi connectivity index (χ0v) is 16.7. The summed E-state index contributed by atoms with van der Waals surface area (Å²) in [6, 6.07) is 9.55. The van der Waals surface area contributed by atoms with Crippen LogP contribution in [-0.4, -0.2) is 71.9 Å². The van der Waals surface area contributed by atoms with Crippen molar-refractivity contribution in [2.45, 2.75) is 44.6 Å². The number of nitrogens with one attached hydrogen (secondary N) is 1. The van der Waals surface area contributed by atoms with Crippen molar-refractivity contribution in [1.29, 1.82) is 0 Å². The Labute approximate surface area is 167 Å². The molecule has 1 aliphatic carbocycles. The molecule has 0 spiro atoms. The van der Waals surface area contributed by atoms with Gasteiger partial charge < -0.3 is 15.1 Å². The lowest BCUT2D eigenvalue weighted by molar-refractivity contribution is -0.138. The van der Waals surface area contributed by atoms with Crippen LogP contribution >= 0.6 is 0 Å². The van der Waals surface area contributed by atoms with E-state index < -0.39 is 0 Å². The number of rotatable bonds is 4. The van der Waals surface area contributed by atoms with E-state index in [-0.39, 0.29) is 12.1 Å². The van der Waals surface area contributed by atoms with Crippen molar-refractivity contribution < 1.29 is 9.59 Å². The van der Waals surface area contributed by atoms with Gasteiger partial charge in [-0.3, -0.25) is 9.69 Å². The molecule has 3 aliphatic rings. The Bertz CT molecular complexity index is 660. The zero-order chi connectivity index (χ0) is 19.3. The van der Waals surface area contributed by atoms with Crippen LogP contribution in [0.4, 0.5) is 10.5 Å². The van der Waals surface area contributed by atoms with E-state index in [9.17, 15) is 9.59 Å². The minimum Gasteiger partial charge on any atom is -0.341 e. The van der Waals surface area contributed by atoms with Gasteiger partial charge >= 0.3 is 6.03 Å². The van der Waals surface area contributed by atoms with E-state index in [0.717, 1.165) is 44.7 Å². The summed E-state index contributed by atoms with van der Waals surface area (Å²) in [6.07, 6.45) is 7.09. The molecular formula is C22H32N4O2. The summed E-state index contributed by atoms with van der Waals surface area (Å²) in [7, 11) is 0. The topological polar surface area (TPSA) is 55.9 Å². The molecular weight excluding hydrogens is 352 g/mol. The van der Waals surface area contributed by atoms with Gasteiger partial charge in [-0.25, -0.2) is 4.79 Å². The van der Waals surface area contributed by atoms with Gasteiger partial charge in [-0.05, 0) is 43.7 Å². The fraction of sp³-hybridized carbons (Fsp3) is 0.636. The molecule has 1 aromatic carbocycles. The number of piperazine rings is 1. The summed E-state index contributed by atoms with van der Waals surface area (Å²) >= 11 is 0. The molecule has 1 atom stereocenters. The Morgan fingerprint density at radius 3 is 2.11 bits per heavy atom. The summed E-state index contributed by atoms with van der Waals surface area (Å²) in [5.41, 5.74) is 0.822. The number of carbonyl (C=O) groups excluding carboxylic acids is 2. The van der Waals surface area contributed by atoms with Gasteiger partial charge in [0.1, 0.15) is 0 Å². The number of amides is 3. The van der Waals surface area contributed by atoms with Crippen LogP contribution in [0.15, 0.2) is 30.3 Å². The number of likely N-dealkylation sites (tertiary alicyclic amines) is 1. The van der Waals surface area contributed by atoms with Crippen molar-refractivity contribution in [2.24, 2.45) is 5.92 Å². The summed E-state index contributed by atoms with van der Waals surface area (Å²) in [4.78, 5) is 32.2. The van der Waals surface area contributed by atoms with Crippen LogP contribution in [0, 0.1) is 5.92 Å². The quantitative estimate of drug-likeness (QED) is 0.868. The van der Waals surface area contributed by atoms with Crippen LogP contribution in [-0.2, 0) is 4.79 Å². The molecule has 1 aromatic rings. The van der Waals surface area contributed by atoms with E-state index in [2.05, 4.69) is 15.1 Å². The fourth-order valence-electron chi connectivity index (χ4n) is 4.98. The number of para-hydroxylation sites is 1. The average Bonchev–Trinajstić information content (AvgIpc) is 3.44. The van der Waals surface area contributed by atoms with E-state index >= 15 is 0 Å². The number of benzene rings is 1. The highest BCUT2D eigenvalue weighted by molar-refractivity contribution is 5.89. The van der Waals surface area contributed by atoms with Crippen LogP contribution in [0.3, 0.4) is 0 Å². The van der Waals surface area contributed by atoms with E-state index in [1.807, 2.05) is 35.2 Å². The molecule has 2 aliphatic heterocycles. The Morgan fingerprint density at radius 2 is 1.46 bits per heavy atom. The average molecular weight is 385 g/mol. The van der Waals surface area contributed by atoms with Gasteiger partial charge in [-0.2, -0.15) is 0 Å². The molecule has 6 nitrogen and oxygen atoms in total. The first kappa shape index (κ1) is 19.2. The molecule has 0 aromatic heterocycles. The summed E-state index contributed by atoms with van der Waals surface area (Å²) in [6.45, 7) is 4.75. The number of hydrogen-bond acceptors (Lipinski definition) is 3. The third-order valence-electron chi connectivity index (χ3n) is 6.54. The first-order valence-corrected chi connectivity index (χ1v) is 10.9. The molecule has 3 amide bonds. The minimum absolute atomic E-state index is 0.0138. The van der Waals surface area contributed by atoms with Crippen molar-refractivity contribution in [3.05, 3.63) is 30.3 Å². The van der Waals surface area contributed by atoms with E-state index in [1.165, 1.54) is 25.7 Å². The van der Waals surface area contributed by atoms with E-state index in [1.54, 1.807) is 0 Å². The molecule has 152 valence electrons. The summed E-state index contributed by atoms with van der Waals surface area (Å²) in [5, 5.41) is 2.97. The Hall–Kier alpha value is -2.08. The summed E-state index contributed by atoms with van der Waals surface area (Å²) < 4.78 is 0. The SMILES string of the molecule is O=C(Nc1ccccc1)N1CCN([C@@H](C(=O)N2CCCC2)C2CCCC2)CC1. The van der Waals surface area contributed by atoms with E-state index in [0.29, 0.717) is 24.9 Å². The number of carbonyl (C=O) groups is 2. The number of anilines is 1. The summed E-state index contributed by atoms with van der Waals surface area (Å²) in [5.74, 6) is 0.824. The molecule has 4 rings (SSSR count). The smallest absolute Gasteiger partial charge is 0.321 e. The first-order valence-electron chi connectivity index (χ1n) is 10.9. The van der Waals surface area contributed by atoms with Gasteiger partial charge in [0.25, 0.3) is 0 Å². The molecule has 1 N–H and O–H groups in total. The van der Waals surface area contributed by atoms with Crippen LogP contribution in [0.2, 0.25) is 0 Å². The standard InChI is InChI=1S/C22H32N4O2/c27-21(25-12-6-7-13-25)20(18-8-4-5-9-18)24-14-16-26(17-15-24)22(28)23-19-10-2-1-3-11-19/h1-3,10-11,18,20H,4-9,12-17H2,(H,23,28)/t20-/m1/s1. The molecule has 1 saturated carbocycles. The van der Waals surface area contributed by atoms with E-state index in [4.69, 9.17) is 0 Å². The maximum absolute atomic E-state index is 13.3. The lowest BCUT2D eigenvalue weighted by Gasteiger charge is -2.41.